The van der Waals surface area contributed by atoms with Crippen LogP contribution in [0.15, 0.2) is 75.9 Å². The number of nitriles is 2. The maximum atomic E-state index is 12.9. The van der Waals surface area contributed by atoms with Crippen molar-refractivity contribution in [1.82, 2.24) is 48.8 Å². The maximum Gasteiger partial charge on any atom is 0.270 e. The molecule has 0 aromatic carbocycles. The van der Waals surface area contributed by atoms with Crippen molar-refractivity contribution < 1.29 is 4.21 Å². The lowest BCUT2D eigenvalue weighted by molar-refractivity contribution is 0.352. The molecule has 69 heavy (non-hydrogen) atoms. The van der Waals surface area contributed by atoms with Gasteiger partial charge in [0.1, 0.15) is 46.2 Å². The molecule has 1 atom stereocenters. The van der Waals surface area contributed by atoms with Crippen LogP contribution in [0.25, 0.3) is 22.1 Å². The predicted octanol–water partition coefficient (Wildman–Crippen LogP) is 6.11. The first-order valence-electron chi connectivity index (χ1n) is 24.0. The molecule has 10 rings (SSSR count). The maximum absolute atomic E-state index is 12.9. The van der Waals surface area contributed by atoms with E-state index < -0.39 is 10.8 Å². The number of fused-ring (bicyclic) bond motifs is 2. The van der Waals surface area contributed by atoms with Crippen LogP contribution in [0.5, 0.6) is 0 Å². The summed E-state index contributed by atoms with van der Waals surface area (Å²) in [5, 5.41) is 30.0. The molecule has 0 amide bonds. The van der Waals surface area contributed by atoms with E-state index >= 15 is 0 Å². The van der Waals surface area contributed by atoms with Crippen molar-refractivity contribution in [2.75, 3.05) is 80.3 Å². The molecule has 6 aromatic heterocycles. The highest BCUT2D eigenvalue weighted by Crippen LogP contribution is 2.32. The first kappa shape index (κ1) is 48.6. The molecule has 360 valence electrons. The minimum Gasteiger partial charge on any atom is -0.384 e. The van der Waals surface area contributed by atoms with Gasteiger partial charge in [-0.15, -0.1) is 0 Å². The second-order valence-corrected chi connectivity index (χ2v) is 19.2. The van der Waals surface area contributed by atoms with Gasteiger partial charge in [-0.05, 0) is 114 Å². The summed E-state index contributed by atoms with van der Waals surface area (Å²) in [5.74, 6) is 1.57. The number of anilines is 5. The topological polar surface area (TPSA) is 255 Å². The third kappa shape index (κ3) is 12.4. The zero-order valence-electron chi connectivity index (χ0n) is 39.1. The van der Waals surface area contributed by atoms with E-state index in [0.29, 0.717) is 39.7 Å². The Kier molecular flexibility index (Phi) is 16.5. The fourth-order valence-electron chi connectivity index (χ4n) is 9.51. The van der Waals surface area contributed by atoms with E-state index in [9.17, 15) is 19.1 Å². The number of pyridine rings is 4. The second-order valence-electron chi connectivity index (χ2n) is 17.9. The van der Waals surface area contributed by atoms with Gasteiger partial charge >= 0.3 is 0 Å². The Labute approximate surface area is 403 Å². The average Bonchev–Trinajstić information content (AvgIpc) is 4.24. The Morgan fingerprint density at radius 1 is 0.652 bits per heavy atom. The van der Waals surface area contributed by atoms with E-state index in [1.165, 1.54) is 70.4 Å². The Bertz CT molecular complexity index is 2930. The van der Waals surface area contributed by atoms with E-state index in [1.807, 2.05) is 36.4 Å². The van der Waals surface area contributed by atoms with Gasteiger partial charge in [0, 0.05) is 67.7 Å². The molecule has 2 saturated heterocycles. The van der Waals surface area contributed by atoms with Crippen molar-refractivity contribution in [2.24, 2.45) is 0 Å². The van der Waals surface area contributed by atoms with Gasteiger partial charge in [-0.1, -0.05) is 25.7 Å². The first-order chi connectivity index (χ1) is 33.7. The summed E-state index contributed by atoms with van der Waals surface area (Å²) >= 11 is 0. The third-order valence-corrected chi connectivity index (χ3v) is 13.8. The van der Waals surface area contributed by atoms with E-state index in [-0.39, 0.29) is 39.5 Å². The van der Waals surface area contributed by atoms with E-state index in [2.05, 4.69) is 55.7 Å². The molecule has 5 N–H and O–H groups in total. The van der Waals surface area contributed by atoms with Crippen LogP contribution in [0.2, 0.25) is 0 Å². The number of nitrogen functional groups attached to an aromatic ring is 1. The molecule has 2 saturated carbocycles. The van der Waals surface area contributed by atoms with Crippen molar-refractivity contribution in [3.63, 3.8) is 0 Å². The van der Waals surface area contributed by atoms with Crippen molar-refractivity contribution in [3.05, 3.63) is 93.0 Å². The van der Waals surface area contributed by atoms with E-state index in [1.54, 1.807) is 33.8 Å². The number of hydrogen-bond donors (Lipinski definition) is 4. The standard InChI is InChI=1S/C24H28N8O.C14H14N4O2S.C11H18N4/c25-14-17-13-18-15-28-24(30-22(18)32(23(17)33)20-5-1-2-6-20)29-21-8-7-19(16-27-21)26-9-12-31-10-3-4-11-31;1-21(20)14-16-8-10-6-9(7-15)13(19)18(12(10)17-14)11-4-2-3-5-11;12-11-4-3-10(9-14-11)13-5-8-15-6-1-2-7-15/h7-8,13,15-16,20,26H,1-6,9-12H2,(H,27,28,29,30);6,8,11H,2-5H2,1H3;3-4,9,13H,1-2,5-8H2,(H2,12,14). The van der Waals surface area contributed by atoms with Gasteiger partial charge in [0.2, 0.25) is 11.1 Å². The molecule has 4 aliphatic rings. The van der Waals surface area contributed by atoms with Crippen LogP contribution in [-0.4, -0.2) is 112 Å². The molecule has 2 aliphatic heterocycles. The molecular formula is C49H60N16O3S. The summed E-state index contributed by atoms with van der Waals surface area (Å²) < 4.78 is 14.9. The van der Waals surface area contributed by atoms with Crippen molar-refractivity contribution in [1.29, 1.82) is 10.5 Å². The molecule has 0 radical (unpaired) electrons. The highest BCUT2D eigenvalue weighted by molar-refractivity contribution is 7.84. The summed E-state index contributed by atoms with van der Waals surface area (Å²) in [6.45, 7) is 8.92. The number of nitrogens with two attached hydrogens (primary N) is 1. The van der Waals surface area contributed by atoms with E-state index in [4.69, 9.17) is 11.0 Å². The molecule has 1 unspecified atom stereocenters. The van der Waals surface area contributed by atoms with Crippen LogP contribution in [-0.2, 0) is 10.8 Å². The Hall–Kier alpha value is -6.87. The largest absolute Gasteiger partial charge is 0.384 e. The predicted molar refractivity (Wildman–Crippen MR) is 269 cm³/mol. The Balaban J connectivity index is 0.000000152. The van der Waals surface area contributed by atoms with Crippen LogP contribution in [0.3, 0.4) is 0 Å². The van der Waals surface area contributed by atoms with Crippen molar-refractivity contribution >= 4 is 61.8 Å². The van der Waals surface area contributed by atoms with Crippen LogP contribution in [0.4, 0.5) is 29.0 Å². The number of aromatic nitrogens is 8. The van der Waals surface area contributed by atoms with Crippen molar-refractivity contribution in [3.8, 4) is 12.1 Å². The fraction of sp³-hybridized carbons (Fsp3) is 0.469. The summed E-state index contributed by atoms with van der Waals surface area (Å²) in [4.78, 5) is 56.2. The Morgan fingerprint density at radius 3 is 1.61 bits per heavy atom. The van der Waals surface area contributed by atoms with Crippen LogP contribution in [0.1, 0.15) is 100 Å². The average molecular weight is 953 g/mol. The van der Waals surface area contributed by atoms with Crippen LogP contribution in [0, 0.1) is 22.7 Å². The zero-order valence-corrected chi connectivity index (χ0v) is 40.0. The number of likely N-dealkylation sites (tertiary alicyclic amines) is 2. The summed E-state index contributed by atoms with van der Waals surface area (Å²) in [5.41, 5.74) is 8.20. The van der Waals surface area contributed by atoms with E-state index in [0.717, 1.165) is 88.9 Å². The molecule has 4 fully saturated rings. The monoisotopic (exact) mass is 952 g/mol. The SMILES string of the molecule is CS(=O)c1ncc2cc(C#N)c(=O)n(C3CCCC3)c2n1.N#Cc1cc2cnc(Nc3ccc(NCCN4CCCC4)cn3)nc2n(C2CCCC2)c1=O.Nc1ccc(NCCN2CCCC2)cn1. The molecule has 8 heterocycles. The smallest absolute Gasteiger partial charge is 0.270 e. The van der Waals surface area contributed by atoms with Crippen molar-refractivity contribution in [2.45, 2.75) is 94.3 Å². The molecule has 0 bridgehead atoms. The summed E-state index contributed by atoms with van der Waals surface area (Å²) in [6.07, 6.45) is 21.5. The lowest BCUT2D eigenvalue weighted by Crippen LogP contribution is -2.27. The highest BCUT2D eigenvalue weighted by Gasteiger charge is 2.24. The van der Waals surface area contributed by atoms with Gasteiger partial charge in [-0.2, -0.15) is 15.5 Å². The number of hydrogen-bond acceptors (Lipinski definition) is 17. The third-order valence-electron chi connectivity index (χ3n) is 13.1. The van der Waals surface area contributed by atoms with Gasteiger partial charge in [-0.3, -0.25) is 22.9 Å². The summed E-state index contributed by atoms with van der Waals surface area (Å²) in [7, 11) is -1.31. The fourth-order valence-corrected chi connectivity index (χ4v) is 9.93. The number of nitrogens with one attached hydrogen (secondary N) is 3. The quantitative estimate of drug-likeness (QED) is 0.0952. The minimum absolute atomic E-state index is 0.0568. The molecule has 6 aromatic rings. The molecule has 0 spiro atoms. The lowest BCUT2D eigenvalue weighted by atomic mass is 10.2. The normalized spacial score (nSPS) is 16.9. The minimum atomic E-state index is -1.31. The van der Waals surface area contributed by atoms with Gasteiger partial charge in [0.15, 0.2) is 0 Å². The Morgan fingerprint density at radius 2 is 1.14 bits per heavy atom. The van der Waals surface area contributed by atoms with Crippen LogP contribution < -0.4 is 32.8 Å². The summed E-state index contributed by atoms with van der Waals surface area (Å²) in [6, 6.07) is 14.8. The molecule has 19 nitrogen and oxygen atoms in total. The molecule has 2 aliphatic carbocycles. The number of nitrogens with zero attached hydrogens (tertiary/aromatic N) is 12. The molecular weight excluding hydrogens is 893 g/mol. The van der Waals surface area contributed by atoms with Gasteiger partial charge in [-0.25, -0.2) is 24.9 Å². The van der Waals surface area contributed by atoms with Gasteiger partial charge in [0.05, 0.1) is 34.6 Å². The van der Waals surface area contributed by atoms with Gasteiger partial charge < -0.3 is 31.5 Å². The first-order valence-corrected chi connectivity index (χ1v) is 25.6. The zero-order chi connectivity index (χ0) is 48.1. The number of rotatable bonds is 13. The lowest BCUT2D eigenvalue weighted by Gasteiger charge is -2.17. The highest BCUT2D eigenvalue weighted by atomic mass is 32.2. The van der Waals surface area contributed by atoms with Crippen LogP contribution >= 0.6 is 0 Å². The molecule has 20 heteroatoms. The second kappa shape index (κ2) is 23.4. The van der Waals surface area contributed by atoms with Gasteiger partial charge in [0.25, 0.3) is 11.1 Å².